The van der Waals surface area contributed by atoms with Gasteiger partial charge in [-0.05, 0) is 61.6 Å². The van der Waals surface area contributed by atoms with Gasteiger partial charge in [-0.2, -0.15) is 0 Å². The molecule has 2 aromatic carbocycles. The fourth-order valence-electron chi connectivity index (χ4n) is 4.88. The highest BCUT2D eigenvalue weighted by Crippen LogP contribution is 2.50. The molecule has 0 unspecified atom stereocenters. The Balaban J connectivity index is 1.72. The Morgan fingerprint density at radius 2 is 2.00 bits per heavy atom. The molecule has 3 N–H and O–H groups in total. The van der Waals surface area contributed by atoms with Crippen LogP contribution in [0.25, 0.3) is 0 Å². The van der Waals surface area contributed by atoms with Gasteiger partial charge in [-0.1, -0.05) is 31.5 Å². The summed E-state index contributed by atoms with van der Waals surface area (Å²) in [6, 6.07) is 11.0. The van der Waals surface area contributed by atoms with E-state index in [1.807, 2.05) is 19.1 Å². The van der Waals surface area contributed by atoms with E-state index in [2.05, 4.69) is 29.8 Å². The molecule has 1 spiro atoms. The minimum Gasteiger partial charge on any atom is -0.497 e. The van der Waals surface area contributed by atoms with Gasteiger partial charge >= 0.3 is 0 Å². The van der Waals surface area contributed by atoms with Crippen LogP contribution in [0.5, 0.6) is 5.75 Å². The van der Waals surface area contributed by atoms with Crippen LogP contribution in [-0.4, -0.2) is 25.0 Å². The number of aryl methyl sites for hydroxylation is 1. The van der Waals surface area contributed by atoms with E-state index in [0.717, 1.165) is 17.5 Å². The highest BCUT2D eigenvalue weighted by Gasteiger charge is 2.60. The number of methoxy groups -OCH3 is 1. The standard InChI is InChI=1S/C24H28ClN3O3/c1-13(2)9-16-12-19(22(29)26-15-5-7-17(31-4)8-6-15)24(28-16)18-10-14(3)11-20(25)21(18)27-23(24)30/h5-8,10-11,13,16,19,28H,9,12H2,1-4H3,(H,26,29)(H,27,30)/t16-,19+,24+/m1/s1. The quantitative estimate of drug-likeness (QED) is 0.639. The number of hydrogen-bond donors (Lipinski definition) is 3. The zero-order valence-corrected chi connectivity index (χ0v) is 19.0. The lowest BCUT2D eigenvalue weighted by Gasteiger charge is -2.29. The van der Waals surface area contributed by atoms with Crippen LogP contribution >= 0.6 is 11.6 Å². The molecule has 0 saturated carbocycles. The summed E-state index contributed by atoms with van der Waals surface area (Å²) in [5, 5.41) is 9.96. The first kappa shape index (κ1) is 21.7. The van der Waals surface area contributed by atoms with Crippen LogP contribution in [0.3, 0.4) is 0 Å². The summed E-state index contributed by atoms with van der Waals surface area (Å²) < 4.78 is 5.19. The molecule has 7 heteroatoms. The Morgan fingerprint density at radius 3 is 2.65 bits per heavy atom. The van der Waals surface area contributed by atoms with Crippen molar-refractivity contribution in [3.8, 4) is 5.75 Å². The van der Waals surface area contributed by atoms with Gasteiger partial charge in [0.15, 0.2) is 0 Å². The molecule has 4 rings (SSSR count). The second-order valence-corrected chi connectivity index (χ2v) is 9.32. The number of amides is 2. The van der Waals surface area contributed by atoms with Crippen LogP contribution in [0.1, 0.15) is 37.8 Å². The Labute approximate surface area is 187 Å². The molecule has 3 atom stereocenters. The van der Waals surface area contributed by atoms with Crippen LogP contribution in [0, 0.1) is 18.8 Å². The molecule has 2 heterocycles. The lowest BCUT2D eigenvalue weighted by atomic mass is 9.79. The lowest BCUT2D eigenvalue weighted by molar-refractivity contribution is -0.130. The molecule has 1 fully saturated rings. The molecule has 2 aliphatic rings. The van der Waals surface area contributed by atoms with Crippen molar-refractivity contribution in [2.45, 2.75) is 45.2 Å². The first-order chi connectivity index (χ1) is 14.7. The summed E-state index contributed by atoms with van der Waals surface area (Å²) in [6.07, 6.45) is 1.44. The van der Waals surface area contributed by atoms with E-state index in [9.17, 15) is 9.59 Å². The maximum atomic E-state index is 13.5. The van der Waals surface area contributed by atoms with E-state index in [-0.39, 0.29) is 17.9 Å². The summed E-state index contributed by atoms with van der Waals surface area (Å²) in [6.45, 7) is 6.22. The largest absolute Gasteiger partial charge is 0.497 e. The van der Waals surface area contributed by atoms with E-state index in [1.54, 1.807) is 31.4 Å². The number of benzene rings is 2. The number of fused-ring (bicyclic) bond motifs is 2. The Kier molecular flexibility index (Phi) is 5.71. The van der Waals surface area contributed by atoms with Gasteiger partial charge in [-0.25, -0.2) is 0 Å². The molecule has 6 nitrogen and oxygen atoms in total. The first-order valence-corrected chi connectivity index (χ1v) is 11.0. The van der Waals surface area contributed by atoms with E-state index in [0.29, 0.717) is 34.5 Å². The van der Waals surface area contributed by atoms with Crippen molar-refractivity contribution in [1.29, 1.82) is 0 Å². The monoisotopic (exact) mass is 441 g/mol. The first-order valence-electron chi connectivity index (χ1n) is 10.6. The van der Waals surface area contributed by atoms with Crippen LogP contribution in [-0.2, 0) is 15.1 Å². The summed E-state index contributed by atoms with van der Waals surface area (Å²) in [5.74, 6) is 0.157. The van der Waals surface area contributed by atoms with Gasteiger partial charge in [-0.15, -0.1) is 0 Å². The number of carbonyl (C=O) groups excluding carboxylic acids is 2. The number of halogens is 1. The summed E-state index contributed by atoms with van der Waals surface area (Å²) in [7, 11) is 1.60. The van der Waals surface area contributed by atoms with Gasteiger partial charge in [-0.3, -0.25) is 14.9 Å². The smallest absolute Gasteiger partial charge is 0.250 e. The van der Waals surface area contributed by atoms with E-state index in [1.165, 1.54) is 0 Å². The van der Waals surface area contributed by atoms with Gasteiger partial charge in [0.1, 0.15) is 11.3 Å². The van der Waals surface area contributed by atoms with Crippen molar-refractivity contribution >= 4 is 34.8 Å². The third-order valence-corrected chi connectivity index (χ3v) is 6.46. The number of ether oxygens (including phenoxy) is 1. The van der Waals surface area contributed by atoms with Crippen molar-refractivity contribution in [2.75, 3.05) is 17.7 Å². The molecule has 0 aliphatic carbocycles. The van der Waals surface area contributed by atoms with Crippen molar-refractivity contribution in [1.82, 2.24) is 5.32 Å². The summed E-state index contributed by atoms with van der Waals surface area (Å²) >= 11 is 6.45. The van der Waals surface area contributed by atoms with Gasteiger partial charge in [0.2, 0.25) is 11.8 Å². The summed E-state index contributed by atoms with van der Waals surface area (Å²) in [4.78, 5) is 26.9. The van der Waals surface area contributed by atoms with Crippen LogP contribution in [0.2, 0.25) is 5.02 Å². The zero-order chi connectivity index (χ0) is 22.3. The number of anilines is 2. The summed E-state index contributed by atoms with van der Waals surface area (Å²) in [5.41, 5.74) is 1.82. The topological polar surface area (TPSA) is 79.5 Å². The Bertz CT molecular complexity index is 1020. The average molecular weight is 442 g/mol. The Morgan fingerprint density at radius 1 is 1.29 bits per heavy atom. The average Bonchev–Trinajstić information content (AvgIpc) is 3.22. The van der Waals surface area contributed by atoms with Gasteiger partial charge in [0.25, 0.3) is 0 Å². The SMILES string of the molecule is COc1ccc(NC(=O)[C@@H]2C[C@@H](CC(C)C)N[C@]23C(=O)Nc2c(Cl)cc(C)cc23)cc1. The van der Waals surface area contributed by atoms with E-state index >= 15 is 0 Å². The van der Waals surface area contributed by atoms with Crippen LogP contribution in [0.4, 0.5) is 11.4 Å². The van der Waals surface area contributed by atoms with Crippen molar-refractivity contribution in [3.05, 3.63) is 52.5 Å². The highest BCUT2D eigenvalue weighted by atomic mass is 35.5. The highest BCUT2D eigenvalue weighted by molar-refractivity contribution is 6.35. The minimum atomic E-state index is -1.14. The van der Waals surface area contributed by atoms with Gasteiger partial charge in [0, 0.05) is 17.3 Å². The van der Waals surface area contributed by atoms with E-state index in [4.69, 9.17) is 16.3 Å². The molecule has 2 amide bonds. The predicted octanol–water partition coefficient (Wildman–Crippen LogP) is 4.47. The third-order valence-electron chi connectivity index (χ3n) is 6.16. The second kappa shape index (κ2) is 8.17. The second-order valence-electron chi connectivity index (χ2n) is 8.91. The fraction of sp³-hybridized carbons (Fsp3) is 0.417. The van der Waals surface area contributed by atoms with Gasteiger partial charge < -0.3 is 15.4 Å². The lowest BCUT2D eigenvalue weighted by Crippen LogP contribution is -2.52. The molecule has 2 aliphatic heterocycles. The van der Waals surface area contributed by atoms with Gasteiger partial charge in [0.05, 0.1) is 23.7 Å². The molecule has 2 aromatic rings. The van der Waals surface area contributed by atoms with Crippen LogP contribution < -0.4 is 20.7 Å². The normalized spacial score (nSPS) is 24.4. The fourth-order valence-corrected chi connectivity index (χ4v) is 5.20. The molecule has 31 heavy (non-hydrogen) atoms. The zero-order valence-electron chi connectivity index (χ0n) is 18.2. The molecular weight excluding hydrogens is 414 g/mol. The third kappa shape index (κ3) is 3.79. The molecule has 0 radical (unpaired) electrons. The van der Waals surface area contributed by atoms with Crippen molar-refractivity contribution < 1.29 is 14.3 Å². The van der Waals surface area contributed by atoms with Crippen molar-refractivity contribution in [2.24, 2.45) is 11.8 Å². The number of hydrogen-bond acceptors (Lipinski definition) is 4. The van der Waals surface area contributed by atoms with E-state index < -0.39 is 11.5 Å². The molecule has 0 aromatic heterocycles. The molecule has 0 bridgehead atoms. The molecule has 164 valence electrons. The Hall–Kier alpha value is -2.57. The van der Waals surface area contributed by atoms with Crippen molar-refractivity contribution in [3.63, 3.8) is 0 Å². The van der Waals surface area contributed by atoms with Crippen LogP contribution in [0.15, 0.2) is 36.4 Å². The predicted molar refractivity (Wildman–Crippen MR) is 123 cm³/mol. The number of nitrogens with one attached hydrogen (secondary N) is 3. The number of rotatable bonds is 5. The minimum absolute atomic E-state index is 0.0441. The number of carbonyl (C=O) groups is 2. The molecule has 1 saturated heterocycles. The maximum absolute atomic E-state index is 13.5. The maximum Gasteiger partial charge on any atom is 0.250 e. The molecular formula is C24H28ClN3O3.